The molecule has 0 saturated heterocycles. The Kier molecular flexibility index (Phi) is 4.85. The van der Waals surface area contributed by atoms with E-state index in [1.807, 2.05) is 0 Å². The molecule has 6 heteroatoms. The molecule has 0 amide bonds. The summed E-state index contributed by atoms with van der Waals surface area (Å²) in [6.07, 6.45) is 0. The lowest BCUT2D eigenvalue weighted by atomic mass is 10.1. The molecule has 0 aliphatic carbocycles. The van der Waals surface area contributed by atoms with E-state index in [1.165, 1.54) is 24.3 Å². The molecule has 0 bridgehead atoms. The van der Waals surface area contributed by atoms with Crippen LogP contribution in [0.3, 0.4) is 0 Å². The van der Waals surface area contributed by atoms with Gasteiger partial charge in [0.1, 0.15) is 23.7 Å². The Bertz CT molecular complexity index is 704. The van der Waals surface area contributed by atoms with Gasteiger partial charge in [-0.05, 0) is 42.3 Å². The van der Waals surface area contributed by atoms with Crippen LogP contribution in [0.4, 0.5) is 4.39 Å². The molecule has 110 valence electrons. The number of halogens is 3. The Hall–Kier alpha value is -1.59. The summed E-state index contributed by atoms with van der Waals surface area (Å²) in [5, 5.41) is 9.22. The van der Waals surface area contributed by atoms with Gasteiger partial charge in [0.2, 0.25) is 0 Å². The third-order valence-electron chi connectivity index (χ3n) is 2.84. The van der Waals surface area contributed by atoms with Crippen molar-refractivity contribution in [3.05, 3.63) is 62.3 Å². The molecule has 0 atom stereocenters. The Morgan fingerprint density at radius 1 is 1.38 bits per heavy atom. The normalized spacial score (nSPS) is 10.5. The molecule has 0 heterocycles. The quantitative estimate of drug-likeness (QED) is 0.835. The zero-order chi connectivity index (χ0) is 15.6. The number of carboxylic acids is 1. The van der Waals surface area contributed by atoms with E-state index in [1.54, 1.807) is 13.0 Å². The number of aromatic carboxylic acids is 1. The topological polar surface area (TPSA) is 46.5 Å². The van der Waals surface area contributed by atoms with E-state index in [-0.39, 0.29) is 22.9 Å². The predicted molar refractivity (Wildman–Crippen MR) is 81.6 cm³/mol. The lowest BCUT2D eigenvalue weighted by molar-refractivity contribution is 0.0691. The number of carboxylic acid groups (broad SMARTS) is 1. The molecule has 0 aromatic heterocycles. The van der Waals surface area contributed by atoms with Crippen LogP contribution >= 0.6 is 27.5 Å². The maximum atomic E-state index is 13.1. The van der Waals surface area contributed by atoms with Gasteiger partial charge in [-0.1, -0.05) is 33.6 Å². The SMILES string of the molecule is Cc1cc(Br)cc(C(=O)O)c1OCc1ccc(F)c(Cl)c1. The van der Waals surface area contributed by atoms with E-state index >= 15 is 0 Å². The summed E-state index contributed by atoms with van der Waals surface area (Å²) in [6.45, 7) is 1.85. The highest BCUT2D eigenvalue weighted by Crippen LogP contribution is 2.29. The van der Waals surface area contributed by atoms with E-state index in [2.05, 4.69) is 15.9 Å². The number of hydrogen-bond donors (Lipinski definition) is 1. The molecule has 0 saturated carbocycles. The number of hydrogen-bond acceptors (Lipinski definition) is 2. The summed E-state index contributed by atoms with van der Waals surface area (Å²) in [5.74, 6) is -1.30. The Morgan fingerprint density at radius 3 is 2.71 bits per heavy atom. The molecule has 2 aromatic carbocycles. The molecule has 0 unspecified atom stereocenters. The summed E-state index contributed by atoms with van der Waals surface area (Å²) in [5.41, 5.74) is 1.41. The molecule has 2 rings (SSSR count). The highest BCUT2D eigenvalue weighted by molar-refractivity contribution is 9.10. The molecule has 0 fully saturated rings. The maximum absolute atomic E-state index is 13.1. The molecule has 3 nitrogen and oxygen atoms in total. The second-order valence-electron chi connectivity index (χ2n) is 4.44. The highest BCUT2D eigenvalue weighted by atomic mass is 79.9. The second kappa shape index (κ2) is 6.45. The van der Waals surface area contributed by atoms with Gasteiger partial charge in [-0.15, -0.1) is 0 Å². The van der Waals surface area contributed by atoms with Gasteiger partial charge in [-0.25, -0.2) is 9.18 Å². The molecule has 0 aliphatic heterocycles. The lowest BCUT2D eigenvalue weighted by Gasteiger charge is -2.13. The third kappa shape index (κ3) is 3.74. The van der Waals surface area contributed by atoms with Crippen molar-refractivity contribution in [2.45, 2.75) is 13.5 Å². The summed E-state index contributed by atoms with van der Waals surface area (Å²) in [6, 6.07) is 7.47. The van der Waals surface area contributed by atoms with Crippen LogP contribution in [0.2, 0.25) is 5.02 Å². The Balaban J connectivity index is 2.27. The average molecular weight is 374 g/mol. The van der Waals surface area contributed by atoms with Crippen LogP contribution in [0, 0.1) is 12.7 Å². The zero-order valence-electron chi connectivity index (χ0n) is 11.0. The van der Waals surface area contributed by atoms with Crippen molar-refractivity contribution in [2.24, 2.45) is 0 Å². The van der Waals surface area contributed by atoms with Gasteiger partial charge in [0.05, 0.1) is 5.02 Å². The molecule has 0 aliphatic rings. The van der Waals surface area contributed by atoms with Crippen molar-refractivity contribution in [3.8, 4) is 5.75 Å². The van der Waals surface area contributed by atoms with Crippen LogP contribution in [0.5, 0.6) is 5.75 Å². The lowest BCUT2D eigenvalue weighted by Crippen LogP contribution is -2.05. The first-order valence-electron chi connectivity index (χ1n) is 5.98. The molecule has 1 N–H and O–H groups in total. The molecule has 0 spiro atoms. The predicted octanol–water partition coefficient (Wildman–Crippen LogP) is 4.83. The third-order valence-corrected chi connectivity index (χ3v) is 3.58. The Labute approximate surface area is 134 Å². The largest absolute Gasteiger partial charge is 0.488 e. The smallest absolute Gasteiger partial charge is 0.339 e. The van der Waals surface area contributed by atoms with Crippen molar-refractivity contribution in [1.29, 1.82) is 0 Å². The monoisotopic (exact) mass is 372 g/mol. The van der Waals surface area contributed by atoms with E-state index in [9.17, 15) is 14.3 Å². The molecule has 0 radical (unpaired) electrons. The fourth-order valence-corrected chi connectivity index (χ4v) is 2.64. The average Bonchev–Trinajstić information content (AvgIpc) is 2.40. The van der Waals surface area contributed by atoms with E-state index in [0.717, 1.165) is 0 Å². The van der Waals surface area contributed by atoms with Crippen molar-refractivity contribution in [1.82, 2.24) is 0 Å². The van der Waals surface area contributed by atoms with Gasteiger partial charge < -0.3 is 9.84 Å². The van der Waals surface area contributed by atoms with E-state index < -0.39 is 11.8 Å². The van der Waals surface area contributed by atoms with Crippen LogP contribution in [0.25, 0.3) is 0 Å². The first-order chi connectivity index (χ1) is 9.88. The summed E-state index contributed by atoms with van der Waals surface area (Å²) in [7, 11) is 0. The van der Waals surface area contributed by atoms with Crippen LogP contribution < -0.4 is 4.74 Å². The van der Waals surface area contributed by atoms with Gasteiger partial charge in [0, 0.05) is 4.47 Å². The van der Waals surface area contributed by atoms with Crippen molar-refractivity contribution in [3.63, 3.8) is 0 Å². The van der Waals surface area contributed by atoms with Gasteiger partial charge in [0.15, 0.2) is 0 Å². The summed E-state index contributed by atoms with van der Waals surface area (Å²) in [4.78, 5) is 11.3. The van der Waals surface area contributed by atoms with Gasteiger partial charge in [-0.2, -0.15) is 0 Å². The van der Waals surface area contributed by atoms with Crippen LogP contribution in [-0.4, -0.2) is 11.1 Å². The number of benzene rings is 2. The minimum absolute atomic E-state index is 0.00193. The molecule has 21 heavy (non-hydrogen) atoms. The van der Waals surface area contributed by atoms with Crippen LogP contribution in [0.15, 0.2) is 34.8 Å². The van der Waals surface area contributed by atoms with Crippen molar-refractivity contribution >= 4 is 33.5 Å². The molecular formula is C15H11BrClFO3. The van der Waals surface area contributed by atoms with Crippen LogP contribution in [-0.2, 0) is 6.61 Å². The fourth-order valence-electron chi connectivity index (χ4n) is 1.87. The zero-order valence-corrected chi connectivity index (χ0v) is 13.3. The Morgan fingerprint density at radius 2 is 2.10 bits per heavy atom. The standard InChI is InChI=1S/C15H11BrClFO3/c1-8-4-10(16)6-11(15(19)20)14(8)21-7-9-2-3-13(18)12(17)5-9/h2-6H,7H2,1H3,(H,19,20). The van der Waals surface area contributed by atoms with E-state index in [0.29, 0.717) is 15.6 Å². The molecule has 2 aromatic rings. The fraction of sp³-hybridized carbons (Fsp3) is 0.133. The number of rotatable bonds is 4. The maximum Gasteiger partial charge on any atom is 0.339 e. The van der Waals surface area contributed by atoms with Gasteiger partial charge in [-0.3, -0.25) is 0 Å². The van der Waals surface area contributed by atoms with Crippen molar-refractivity contribution < 1.29 is 19.0 Å². The van der Waals surface area contributed by atoms with Crippen molar-refractivity contribution in [2.75, 3.05) is 0 Å². The van der Waals surface area contributed by atoms with Gasteiger partial charge in [0.25, 0.3) is 0 Å². The highest BCUT2D eigenvalue weighted by Gasteiger charge is 2.15. The number of aryl methyl sites for hydroxylation is 1. The minimum atomic E-state index is -1.08. The first kappa shape index (κ1) is 15.8. The number of ether oxygens (including phenoxy) is 1. The molecular weight excluding hydrogens is 363 g/mol. The van der Waals surface area contributed by atoms with E-state index in [4.69, 9.17) is 16.3 Å². The van der Waals surface area contributed by atoms with Crippen LogP contribution in [0.1, 0.15) is 21.5 Å². The summed E-state index contributed by atoms with van der Waals surface area (Å²) < 4.78 is 19.3. The second-order valence-corrected chi connectivity index (χ2v) is 5.76. The minimum Gasteiger partial charge on any atom is -0.488 e. The summed E-state index contributed by atoms with van der Waals surface area (Å²) >= 11 is 8.95. The van der Waals surface area contributed by atoms with Gasteiger partial charge >= 0.3 is 5.97 Å². The first-order valence-corrected chi connectivity index (χ1v) is 7.15. The number of carbonyl (C=O) groups is 1.